The second kappa shape index (κ2) is 9.29. The lowest BCUT2D eigenvalue weighted by atomic mass is 10.1. The van der Waals surface area contributed by atoms with Gasteiger partial charge in [0.2, 0.25) is 17.6 Å². The zero-order valence-corrected chi connectivity index (χ0v) is 16.5. The Morgan fingerprint density at radius 2 is 1.93 bits per heavy atom. The van der Waals surface area contributed by atoms with Gasteiger partial charge < -0.3 is 9.42 Å². The van der Waals surface area contributed by atoms with Crippen molar-refractivity contribution in [2.75, 3.05) is 7.05 Å². The van der Waals surface area contributed by atoms with Crippen LogP contribution in [0.5, 0.6) is 0 Å². The van der Waals surface area contributed by atoms with E-state index in [4.69, 9.17) is 16.1 Å². The van der Waals surface area contributed by atoms with E-state index in [1.807, 2.05) is 0 Å². The van der Waals surface area contributed by atoms with Gasteiger partial charge in [-0.25, -0.2) is 0 Å². The fourth-order valence-corrected chi connectivity index (χ4v) is 2.95. The SMILES string of the molecule is CN(Cc1ccccc1[N+](=O)[O-])C(=O)CCCc1nc(-c2ccc(Cl)cc2)no1. The average molecular weight is 415 g/mol. The molecule has 1 heterocycles. The number of hydrogen-bond acceptors (Lipinski definition) is 6. The van der Waals surface area contributed by atoms with Crippen molar-refractivity contribution in [3.63, 3.8) is 0 Å². The van der Waals surface area contributed by atoms with Crippen LogP contribution >= 0.6 is 11.6 Å². The molecule has 0 aliphatic rings. The zero-order chi connectivity index (χ0) is 20.8. The number of aryl methyl sites for hydroxylation is 1. The molecule has 0 aliphatic carbocycles. The normalized spacial score (nSPS) is 10.7. The predicted octanol–water partition coefficient (Wildman–Crippen LogP) is 4.28. The molecule has 3 aromatic rings. The summed E-state index contributed by atoms with van der Waals surface area (Å²) in [6.07, 6.45) is 1.27. The number of amides is 1. The van der Waals surface area contributed by atoms with Crippen LogP contribution in [0.15, 0.2) is 53.1 Å². The fraction of sp³-hybridized carbons (Fsp3) is 0.250. The number of carbonyl (C=O) groups excluding carboxylic acids is 1. The molecule has 1 amide bonds. The molecule has 0 atom stereocenters. The van der Waals surface area contributed by atoms with Gasteiger partial charge in [0.1, 0.15) is 0 Å². The Morgan fingerprint density at radius 1 is 1.21 bits per heavy atom. The van der Waals surface area contributed by atoms with E-state index < -0.39 is 4.92 Å². The molecule has 1 aromatic heterocycles. The van der Waals surface area contributed by atoms with Crippen LogP contribution in [-0.2, 0) is 17.8 Å². The highest BCUT2D eigenvalue weighted by molar-refractivity contribution is 6.30. The first-order valence-electron chi connectivity index (χ1n) is 8.99. The van der Waals surface area contributed by atoms with Crippen LogP contribution in [0, 0.1) is 10.1 Å². The van der Waals surface area contributed by atoms with Gasteiger partial charge in [-0.2, -0.15) is 4.98 Å². The van der Waals surface area contributed by atoms with Gasteiger partial charge >= 0.3 is 0 Å². The first-order valence-corrected chi connectivity index (χ1v) is 9.36. The van der Waals surface area contributed by atoms with E-state index in [9.17, 15) is 14.9 Å². The molecule has 8 nitrogen and oxygen atoms in total. The van der Waals surface area contributed by atoms with Gasteiger partial charge in [0.15, 0.2) is 0 Å². The number of hydrogen-bond donors (Lipinski definition) is 0. The highest BCUT2D eigenvalue weighted by Gasteiger charge is 2.17. The molecule has 0 radical (unpaired) electrons. The molecule has 0 N–H and O–H groups in total. The van der Waals surface area contributed by atoms with Gasteiger partial charge in [-0.1, -0.05) is 35.0 Å². The van der Waals surface area contributed by atoms with Crippen LogP contribution in [0.3, 0.4) is 0 Å². The maximum absolute atomic E-state index is 12.4. The van der Waals surface area contributed by atoms with E-state index >= 15 is 0 Å². The molecule has 0 fully saturated rings. The smallest absolute Gasteiger partial charge is 0.274 e. The molecule has 0 unspecified atom stereocenters. The Kier molecular flexibility index (Phi) is 6.56. The van der Waals surface area contributed by atoms with E-state index in [0.29, 0.717) is 35.1 Å². The number of rotatable bonds is 8. The van der Waals surface area contributed by atoms with E-state index in [0.717, 1.165) is 5.56 Å². The van der Waals surface area contributed by atoms with Crippen molar-refractivity contribution in [1.29, 1.82) is 0 Å². The molecule has 150 valence electrons. The second-order valence-electron chi connectivity index (χ2n) is 6.51. The van der Waals surface area contributed by atoms with Crippen LogP contribution in [-0.4, -0.2) is 32.9 Å². The second-order valence-corrected chi connectivity index (χ2v) is 6.94. The van der Waals surface area contributed by atoms with Gasteiger partial charge in [0.25, 0.3) is 5.69 Å². The third kappa shape index (κ3) is 5.39. The molecular weight excluding hydrogens is 396 g/mol. The number of nitrogens with zero attached hydrogens (tertiary/aromatic N) is 4. The van der Waals surface area contributed by atoms with Crippen molar-refractivity contribution < 1.29 is 14.2 Å². The zero-order valence-electron chi connectivity index (χ0n) is 15.7. The first kappa shape index (κ1) is 20.5. The number of para-hydroxylation sites is 1. The summed E-state index contributed by atoms with van der Waals surface area (Å²) < 4.78 is 5.24. The molecule has 29 heavy (non-hydrogen) atoms. The van der Waals surface area contributed by atoms with E-state index in [-0.39, 0.29) is 24.6 Å². The molecule has 0 bridgehead atoms. The molecule has 0 aliphatic heterocycles. The highest BCUT2D eigenvalue weighted by atomic mass is 35.5. The summed E-state index contributed by atoms with van der Waals surface area (Å²) >= 11 is 5.87. The lowest BCUT2D eigenvalue weighted by Gasteiger charge is -2.17. The third-order valence-electron chi connectivity index (χ3n) is 4.37. The summed E-state index contributed by atoms with van der Waals surface area (Å²) in [5.74, 6) is 0.807. The minimum absolute atomic E-state index is 0.00717. The standard InChI is InChI=1S/C20H19ClN4O4/c1-24(13-15-5-2-3-6-17(15)25(27)28)19(26)8-4-7-18-22-20(23-29-18)14-9-11-16(21)12-10-14/h2-3,5-6,9-12H,4,7-8,13H2,1H3. The predicted molar refractivity (Wildman–Crippen MR) is 107 cm³/mol. The van der Waals surface area contributed by atoms with Gasteiger partial charge in [0, 0.05) is 42.1 Å². The lowest BCUT2D eigenvalue weighted by molar-refractivity contribution is -0.385. The van der Waals surface area contributed by atoms with Gasteiger partial charge in [0.05, 0.1) is 11.5 Å². The number of carbonyl (C=O) groups is 1. The van der Waals surface area contributed by atoms with Crippen LogP contribution in [0.2, 0.25) is 5.02 Å². The molecule has 9 heteroatoms. The number of nitro benzene ring substituents is 1. The summed E-state index contributed by atoms with van der Waals surface area (Å²) in [6.45, 7) is 0.178. The minimum atomic E-state index is -0.443. The van der Waals surface area contributed by atoms with Gasteiger partial charge in [-0.15, -0.1) is 0 Å². The molecule has 0 saturated carbocycles. The van der Waals surface area contributed by atoms with Crippen LogP contribution < -0.4 is 0 Å². The van der Waals surface area contributed by atoms with Crippen molar-refractivity contribution in [2.24, 2.45) is 0 Å². The Morgan fingerprint density at radius 3 is 2.66 bits per heavy atom. The molecular formula is C20H19ClN4O4. The largest absolute Gasteiger partial charge is 0.341 e. The summed E-state index contributed by atoms with van der Waals surface area (Å²) in [5, 5.41) is 15.7. The number of nitro groups is 1. The monoisotopic (exact) mass is 414 g/mol. The molecule has 2 aromatic carbocycles. The molecule has 0 saturated heterocycles. The fourth-order valence-electron chi connectivity index (χ4n) is 2.82. The van der Waals surface area contributed by atoms with Crippen LogP contribution in [0.1, 0.15) is 24.3 Å². The number of aromatic nitrogens is 2. The average Bonchev–Trinajstić information content (AvgIpc) is 3.17. The number of benzene rings is 2. The van der Waals surface area contributed by atoms with Crippen molar-refractivity contribution >= 4 is 23.2 Å². The topological polar surface area (TPSA) is 102 Å². The van der Waals surface area contributed by atoms with Gasteiger partial charge in [-0.3, -0.25) is 14.9 Å². The summed E-state index contributed by atoms with van der Waals surface area (Å²) in [5.41, 5.74) is 1.30. The van der Waals surface area contributed by atoms with Gasteiger partial charge in [-0.05, 0) is 30.7 Å². The van der Waals surface area contributed by atoms with E-state index in [1.165, 1.54) is 11.0 Å². The van der Waals surface area contributed by atoms with Crippen LogP contribution in [0.25, 0.3) is 11.4 Å². The maximum Gasteiger partial charge on any atom is 0.274 e. The Bertz CT molecular complexity index is 1000. The van der Waals surface area contributed by atoms with E-state index in [1.54, 1.807) is 49.5 Å². The maximum atomic E-state index is 12.4. The summed E-state index contributed by atoms with van der Waals surface area (Å²) in [4.78, 5) is 28.8. The minimum Gasteiger partial charge on any atom is -0.341 e. The summed E-state index contributed by atoms with van der Waals surface area (Å²) in [6, 6.07) is 13.5. The van der Waals surface area contributed by atoms with Crippen molar-refractivity contribution in [3.8, 4) is 11.4 Å². The Balaban J connectivity index is 1.51. The highest BCUT2D eigenvalue weighted by Crippen LogP contribution is 2.21. The van der Waals surface area contributed by atoms with Crippen molar-refractivity contribution in [2.45, 2.75) is 25.8 Å². The Labute approximate surface area is 172 Å². The first-order chi connectivity index (χ1) is 13.9. The third-order valence-corrected chi connectivity index (χ3v) is 4.63. The van der Waals surface area contributed by atoms with Crippen molar-refractivity contribution in [3.05, 3.63) is 75.1 Å². The Hall–Kier alpha value is -3.26. The molecule has 3 rings (SSSR count). The van der Waals surface area contributed by atoms with E-state index in [2.05, 4.69) is 10.1 Å². The summed E-state index contributed by atoms with van der Waals surface area (Å²) in [7, 11) is 1.63. The molecule has 0 spiro atoms. The lowest BCUT2D eigenvalue weighted by Crippen LogP contribution is -2.26. The van der Waals surface area contributed by atoms with Crippen LogP contribution in [0.4, 0.5) is 5.69 Å². The number of halogens is 1. The van der Waals surface area contributed by atoms with Crippen molar-refractivity contribution in [1.82, 2.24) is 15.0 Å². The quantitative estimate of drug-likeness (QED) is 0.402.